The highest BCUT2D eigenvalue weighted by molar-refractivity contribution is 9.10. The zero-order chi connectivity index (χ0) is 16.7. The minimum Gasteiger partial charge on any atom is -0.497 e. The van der Waals surface area contributed by atoms with Crippen molar-refractivity contribution in [2.75, 3.05) is 27.9 Å². The molecular weight excluding hydrogens is 358 g/mol. The van der Waals surface area contributed by atoms with Gasteiger partial charge in [0.05, 0.1) is 25.8 Å². The van der Waals surface area contributed by atoms with Crippen LogP contribution in [0.5, 0.6) is 17.2 Å². The summed E-state index contributed by atoms with van der Waals surface area (Å²) in [6.07, 6.45) is 0.971. The first-order chi connectivity index (χ1) is 11.2. The van der Waals surface area contributed by atoms with E-state index in [0.717, 1.165) is 46.8 Å². The molecule has 0 saturated carbocycles. The molecule has 0 fully saturated rings. The molecule has 0 unspecified atom stereocenters. The largest absolute Gasteiger partial charge is 0.497 e. The van der Waals surface area contributed by atoms with Gasteiger partial charge in [-0.15, -0.1) is 0 Å². The van der Waals surface area contributed by atoms with E-state index in [1.165, 1.54) is 5.56 Å². The highest BCUT2D eigenvalue weighted by Gasteiger charge is 2.10. The topological polar surface area (TPSA) is 39.7 Å². The zero-order valence-electron chi connectivity index (χ0n) is 13.7. The molecule has 2 aromatic carbocycles. The summed E-state index contributed by atoms with van der Waals surface area (Å²) in [4.78, 5) is 0. The van der Waals surface area contributed by atoms with Crippen molar-refractivity contribution in [3.63, 3.8) is 0 Å². The Morgan fingerprint density at radius 1 is 0.913 bits per heavy atom. The average Bonchev–Trinajstić information content (AvgIpc) is 2.58. The first-order valence-corrected chi connectivity index (χ1v) is 8.21. The van der Waals surface area contributed by atoms with Gasteiger partial charge in [-0.3, -0.25) is 0 Å². The summed E-state index contributed by atoms with van der Waals surface area (Å²) in [5.41, 5.74) is 2.43. The number of rotatable bonds is 8. The third-order valence-electron chi connectivity index (χ3n) is 3.57. The standard InChI is InChI=1S/C18H22BrNO3/c1-21-15-6-4-13(5-7-15)8-9-20-12-14-10-16(19)18(23-3)17(11-14)22-2/h4-7,10-11,20H,8-9,12H2,1-3H3. The minimum absolute atomic E-state index is 0.717. The molecule has 4 nitrogen and oxygen atoms in total. The van der Waals surface area contributed by atoms with Gasteiger partial charge in [-0.2, -0.15) is 0 Å². The van der Waals surface area contributed by atoms with E-state index in [9.17, 15) is 0 Å². The van der Waals surface area contributed by atoms with Crippen LogP contribution in [0.3, 0.4) is 0 Å². The van der Waals surface area contributed by atoms with Crippen LogP contribution in [0.25, 0.3) is 0 Å². The van der Waals surface area contributed by atoms with Crippen molar-refractivity contribution in [3.05, 3.63) is 52.0 Å². The molecule has 0 aliphatic rings. The van der Waals surface area contributed by atoms with Gasteiger partial charge in [0.1, 0.15) is 5.75 Å². The lowest BCUT2D eigenvalue weighted by molar-refractivity contribution is 0.352. The van der Waals surface area contributed by atoms with Gasteiger partial charge in [-0.05, 0) is 64.3 Å². The molecule has 0 bridgehead atoms. The second kappa shape index (κ2) is 8.79. The van der Waals surface area contributed by atoms with E-state index < -0.39 is 0 Å². The predicted octanol–water partition coefficient (Wildman–Crippen LogP) is 3.81. The fraction of sp³-hybridized carbons (Fsp3) is 0.333. The maximum absolute atomic E-state index is 5.36. The number of methoxy groups -OCH3 is 3. The van der Waals surface area contributed by atoms with E-state index in [2.05, 4.69) is 33.4 Å². The van der Waals surface area contributed by atoms with E-state index in [-0.39, 0.29) is 0 Å². The maximum atomic E-state index is 5.36. The van der Waals surface area contributed by atoms with E-state index >= 15 is 0 Å². The molecule has 0 atom stereocenters. The number of ether oxygens (including phenoxy) is 3. The van der Waals surface area contributed by atoms with Crippen molar-refractivity contribution in [1.82, 2.24) is 5.32 Å². The van der Waals surface area contributed by atoms with Crippen molar-refractivity contribution >= 4 is 15.9 Å². The molecule has 2 rings (SSSR count). The van der Waals surface area contributed by atoms with Crippen molar-refractivity contribution in [2.24, 2.45) is 0 Å². The van der Waals surface area contributed by atoms with Crippen molar-refractivity contribution in [3.8, 4) is 17.2 Å². The Labute approximate surface area is 145 Å². The van der Waals surface area contributed by atoms with Crippen molar-refractivity contribution in [1.29, 1.82) is 0 Å². The van der Waals surface area contributed by atoms with Crippen LogP contribution in [-0.2, 0) is 13.0 Å². The van der Waals surface area contributed by atoms with Gasteiger partial charge in [0.15, 0.2) is 11.5 Å². The van der Waals surface area contributed by atoms with Crippen LogP contribution in [0.2, 0.25) is 0 Å². The van der Waals surface area contributed by atoms with E-state index in [0.29, 0.717) is 0 Å². The Balaban J connectivity index is 1.87. The van der Waals surface area contributed by atoms with E-state index in [1.807, 2.05) is 24.3 Å². The summed E-state index contributed by atoms with van der Waals surface area (Å²) < 4.78 is 16.7. The summed E-state index contributed by atoms with van der Waals surface area (Å²) in [7, 11) is 4.96. The normalized spacial score (nSPS) is 10.4. The summed E-state index contributed by atoms with van der Waals surface area (Å²) in [6, 6.07) is 12.2. The lowest BCUT2D eigenvalue weighted by Crippen LogP contribution is -2.16. The Hall–Kier alpha value is -1.72. The third-order valence-corrected chi connectivity index (χ3v) is 4.16. The van der Waals surface area contributed by atoms with Gasteiger partial charge in [0.25, 0.3) is 0 Å². The molecule has 0 aliphatic carbocycles. The molecule has 0 aromatic heterocycles. The van der Waals surface area contributed by atoms with Gasteiger partial charge in [0.2, 0.25) is 0 Å². The molecule has 124 valence electrons. The fourth-order valence-electron chi connectivity index (χ4n) is 2.33. The Bertz CT molecular complexity index is 629. The molecule has 0 heterocycles. The Morgan fingerprint density at radius 3 is 2.26 bits per heavy atom. The summed E-state index contributed by atoms with van der Waals surface area (Å²) in [6.45, 7) is 1.67. The van der Waals surface area contributed by atoms with Gasteiger partial charge in [-0.25, -0.2) is 0 Å². The third kappa shape index (κ3) is 4.88. The smallest absolute Gasteiger partial charge is 0.174 e. The average molecular weight is 380 g/mol. The molecule has 1 N–H and O–H groups in total. The summed E-state index contributed by atoms with van der Waals surface area (Å²) in [5, 5.41) is 3.45. The number of nitrogens with one attached hydrogen (secondary N) is 1. The first-order valence-electron chi connectivity index (χ1n) is 7.42. The SMILES string of the molecule is COc1ccc(CCNCc2cc(Br)c(OC)c(OC)c2)cc1. The molecule has 0 amide bonds. The molecule has 0 saturated heterocycles. The summed E-state index contributed by atoms with van der Waals surface area (Å²) >= 11 is 3.51. The molecule has 2 aromatic rings. The quantitative estimate of drug-likeness (QED) is 0.707. The van der Waals surface area contributed by atoms with Crippen molar-refractivity contribution < 1.29 is 14.2 Å². The molecule has 23 heavy (non-hydrogen) atoms. The van der Waals surface area contributed by atoms with Crippen LogP contribution in [0.4, 0.5) is 0 Å². The second-order valence-electron chi connectivity index (χ2n) is 5.09. The van der Waals surface area contributed by atoms with Crippen LogP contribution >= 0.6 is 15.9 Å². The predicted molar refractivity (Wildman–Crippen MR) is 95.7 cm³/mol. The van der Waals surface area contributed by atoms with Crippen LogP contribution < -0.4 is 19.5 Å². The minimum atomic E-state index is 0.717. The van der Waals surface area contributed by atoms with Crippen LogP contribution in [0.15, 0.2) is 40.9 Å². The number of hydrogen-bond acceptors (Lipinski definition) is 4. The number of hydrogen-bond donors (Lipinski definition) is 1. The van der Waals surface area contributed by atoms with E-state index in [1.54, 1.807) is 21.3 Å². The zero-order valence-corrected chi connectivity index (χ0v) is 15.3. The van der Waals surface area contributed by atoms with Crippen molar-refractivity contribution in [2.45, 2.75) is 13.0 Å². The van der Waals surface area contributed by atoms with Gasteiger partial charge in [-0.1, -0.05) is 12.1 Å². The highest BCUT2D eigenvalue weighted by atomic mass is 79.9. The highest BCUT2D eigenvalue weighted by Crippen LogP contribution is 2.36. The van der Waals surface area contributed by atoms with Gasteiger partial charge < -0.3 is 19.5 Å². The lowest BCUT2D eigenvalue weighted by Gasteiger charge is -2.12. The van der Waals surface area contributed by atoms with Crippen LogP contribution in [0.1, 0.15) is 11.1 Å². The monoisotopic (exact) mass is 379 g/mol. The molecule has 5 heteroatoms. The van der Waals surface area contributed by atoms with E-state index in [4.69, 9.17) is 14.2 Å². The summed E-state index contributed by atoms with van der Waals surface area (Å²) in [5.74, 6) is 2.33. The first kappa shape index (κ1) is 17.6. The molecule has 0 aliphatic heterocycles. The maximum Gasteiger partial charge on any atom is 0.174 e. The van der Waals surface area contributed by atoms with Crippen LogP contribution in [-0.4, -0.2) is 27.9 Å². The Kier molecular flexibility index (Phi) is 6.74. The van der Waals surface area contributed by atoms with Crippen LogP contribution in [0, 0.1) is 0 Å². The fourth-order valence-corrected chi connectivity index (χ4v) is 2.98. The molecule has 0 spiro atoms. The molecule has 0 radical (unpaired) electrons. The molecular formula is C18H22BrNO3. The lowest BCUT2D eigenvalue weighted by atomic mass is 10.1. The number of halogens is 1. The van der Waals surface area contributed by atoms with Gasteiger partial charge in [0, 0.05) is 6.54 Å². The second-order valence-corrected chi connectivity index (χ2v) is 5.94. The Morgan fingerprint density at radius 2 is 1.65 bits per heavy atom. The number of benzene rings is 2. The van der Waals surface area contributed by atoms with Gasteiger partial charge >= 0.3 is 0 Å².